The quantitative estimate of drug-likeness (QED) is 0.496. The van der Waals surface area contributed by atoms with E-state index in [4.69, 9.17) is 0 Å². The zero-order chi connectivity index (χ0) is 9.97. The van der Waals surface area contributed by atoms with E-state index in [1.165, 1.54) is 6.20 Å². The summed E-state index contributed by atoms with van der Waals surface area (Å²) in [6.07, 6.45) is 4.77. The van der Waals surface area contributed by atoms with Crippen molar-refractivity contribution in [2.45, 2.75) is 6.92 Å². The van der Waals surface area contributed by atoms with E-state index in [0.29, 0.717) is 11.5 Å². The van der Waals surface area contributed by atoms with Crippen LogP contribution in [0.4, 0.5) is 0 Å². The smallest absolute Gasteiger partial charge is 0.351 e. The Morgan fingerprint density at radius 1 is 1.29 bits per heavy atom. The minimum Gasteiger partial charge on any atom is -0.710 e. The monoisotopic (exact) mass is 187 g/mol. The van der Waals surface area contributed by atoms with Gasteiger partial charge in [0.15, 0.2) is 5.69 Å². The Morgan fingerprint density at radius 3 is 2.79 bits per heavy atom. The number of aryl methyl sites for hydroxylation is 1. The molecule has 0 aromatic carbocycles. The van der Waals surface area contributed by atoms with Crippen LogP contribution in [0.3, 0.4) is 0 Å². The van der Waals surface area contributed by atoms with E-state index in [1.54, 1.807) is 24.5 Å². The highest BCUT2D eigenvalue weighted by molar-refractivity contribution is 5.44. The van der Waals surface area contributed by atoms with E-state index in [-0.39, 0.29) is 0 Å². The zero-order valence-electron chi connectivity index (χ0n) is 7.71. The van der Waals surface area contributed by atoms with Gasteiger partial charge < -0.3 is 5.21 Å². The van der Waals surface area contributed by atoms with Gasteiger partial charge in [0.2, 0.25) is 0 Å². The first-order valence-corrected chi connectivity index (χ1v) is 4.24. The maximum absolute atomic E-state index is 11.5. The lowest BCUT2D eigenvalue weighted by atomic mass is 10.3. The minimum absolute atomic E-state index is 0.330. The Labute approximate surface area is 81.5 Å². The molecular weight excluding hydrogens is 178 g/mol. The normalized spacial score (nSPS) is 10.1. The summed E-state index contributed by atoms with van der Waals surface area (Å²) < 4.78 is 0.734. The fourth-order valence-corrected chi connectivity index (χ4v) is 1.17. The van der Waals surface area contributed by atoms with Gasteiger partial charge in [0.25, 0.3) is 0 Å². The molecule has 2 aromatic rings. The summed E-state index contributed by atoms with van der Waals surface area (Å²) >= 11 is 0. The molecule has 0 saturated carbocycles. The van der Waals surface area contributed by atoms with Crippen LogP contribution in [-0.4, -0.2) is 9.97 Å². The summed E-state index contributed by atoms with van der Waals surface area (Å²) in [4.78, 5) is 8.09. The molecule has 0 spiro atoms. The van der Waals surface area contributed by atoms with Crippen LogP contribution in [0.15, 0.2) is 36.8 Å². The van der Waals surface area contributed by atoms with Gasteiger partial charge in [0.1, 0.15) is 12.4 Å². The fourth-order valence-electron chi connectivity index (χ4n) is 1.17. The lowest BCUT2D eigenvalue weighted by Crippen LogP contribution is -2.30. The van der Waals surface area contributed by atoms with Gasteiger partial charge in [-0.15, -0.1) is 0 Å². The predicted octanol–water partition coefficient (Wildman–Crippen LogP) is 1.09. The highest BCUT2D eigenvalue weighted by atomic mass is 16.5. The number of hydrogen-bond acceptors (Lipinski definition) is 3. The van der Waals surface area contributed by atoms with Gasteiger partial charge in [0, 0.05) is 11.8 Å². The standard InChI is InChI=1S/C10H9N3O/c1-8-6-12-10(13(14)7-8)9-4-2-3-5-11-9/h2-7H,1H3. The molecule has 0 radical (unpaired) electrons. The van der Waals surface area contributed by atoms with Crippen LogP contribution in [0, 0.1) is 12.1 Å². The summed E-state index contributed by atoms with van der Waals surface area (Å²) in [7, 11) is 0. The molecule has 0 aliphatic carbocycles. The molecule has 0 N–H and O–H groups in total. The van der Waals surface area contributed by atoms with Gasteiger partial charge in [-0.3, -0.25) is 0 Å². The van der Waals surface area contributed by atoms with Crippen molar-refractivity contribution in [1.82, 2.24) is 9.97 Å². The topological polar surface area (TPSA) is 52.7 Å². The first-order valence-electron chi connectivity index (χ1n) is 4.24. The summed E-state index contributed by atoms with van der Waals surface area (Å²) in [6.45, 7) is 1.82. The van der Waals surface area contributed by atoms with Crippen LogP contribution in [0.2, 0.25) is 0 Å². The second kappa shape index (κ2) is 3.41. The molecule has 0 aliphatic heterocycles. The molecule has 0 bridgehead atoms. The maximum atomic E-state index is 11.5. The third kappa shape index (κ3) is 1.54. The van der Waals surface area contributed by atoms with Crippen molar-refractivity contribution in [1.29, 1.82) is 0 Å². The number of aromatic nitrogens is 3. The second-order valence-electron chi connectivity index (χ2n) is 3.00. The molecule has 2 rings (SSSR count). The average molecular weight is 187 g/mol. The van der Waals surface area contributed by atoms with Gasteiger partial charge in [-0.1, -0.05) is 6.07 Å². The van der Waals surface area contributed by atoms with Crippen LogP contribution >= 0.6 is 0 Å². The first-order chi connectivity index (χ1) is 6.77. The molecule has 2 aromatic heterocycles. The molecule has 0 saturated heterocycles. The van der Waals surface area contributed by atoms with Crippen LogP contribution < -0.4 is 4.73 Å². The van der Waals surface area contributed by atoms with E-state index >= 15 is 0 Å². The molecule has 2 heterocycles. The van der Waals surface area contributed by atoms with Crippen LogP contribution in [0.25, 0.3) is 11.5 Å². The van der Waals surface area contributed by atoms with Crippen molar-refractivity contribution >= 4 is 0 Å². The van der Waals surface area contributed by atoms with Gasteiger partial charge in [-0.05, 0) is 24.0 Å². The van der Waals surface area contributed by atoms with Crippen molar-refractivity contribution in [3.05, 3.63) is 47.6 Å². The molecule has 0 unspecified atom stereocenters. The van der Waals surface area contributed by atoms with Crippen molar-refractivity contribution in [3.63, 3.8) is 0 Å². The summed E-state index contributed by atoms with van der Waals surface area (Å²) in [5.41, 5.74) is 1.42. The molecule has 0 fully saturated rings. The molecule has 14 heavy (non-hydrogen) atoms. The minimum atomic E-state index is 0.330. The Balaban J connectivity index is 2.53. The van der Waals surface area contributed by atoms with Crippen molar-refractivity contribution in [2.75, 3.05) is 0 Å². The highest BCUT2D eigenvalue weighted by Crippen LogP contribution is 2.07. The average Bonchev–Trinajstić information content (AvgIpc) is 2.19. The van der Waals surface area contributed by atoms with Crippen LogP contribution in [-0.2, 0) is 0 Å². The first kappa shape index (κ1) is 8.62. The van der Waals surface area contributed by atoms with Gasteiger partial charge in [-0.2, -0.15) is 0 Å². The van der Waals surface area contributed by atoms with Gasteiger partial charge >= 0.3 is 5.82 Å². The number of hydrogen-bond donors (Lipinski definition) is 0. The molecular formula is C10H9N3O. The number of rotatable bonds is 1. The van der Waals surface area contributed by atoms with E-state index in [1.807, 2.05) is 13.0 Å². The van der Waals surface area contributed by atoms with E-state index in [0.717, 1.165) is 10.3 Å². The molecule has 0 amide bonds. The Hall–Kier alpha value is -1.97. The summed E-state index contributed by atoms with van der Waals surface area (Å²) in [5.74, 6) is 0.330. The SMILES string of the molecule is Cc1cnc(-c2ccccn2)[n+]([O-])c1. The molecule has 70 valence electrons. The Morgan fingerprint density at radius 2 is 2.14 bits per heavy atom. The van der Waals surface area contributed by atoms with Crippen molar-refractivity contribution in [3.8, 4) is 11.5 Å². The maximum Gasteiger partial charge on any atom is 0.351 e. The van der Waals surface area contributed by atoms with Crippen molar-refractivity contribution in [2.24, 2.45) is 0 Å². The number of pyridine rings is 1. The third-order valence-electron chi connectivity index (χ3n) is 1.81. The van der Waals surface area contributed by atoms with Gasteiger partial charge in [0.05, 0.1) is 0 Å². The summed E-state index contributed by atoms with van der Waals surface area (Å²) in [6, 6.07) is 5.38. The Bertz CT molecular complexity index is 442. The Kier molecular flexibility index (Phi) is 2.10. The molecule has 4 heteroatoms. The molecule has 0 atom stereocenters. The third-order valence-corrected chi connectivity index (χ3v) is 1.81. The van der Waals surface area contributed by atoms with E-state index < -0.39 is 0 Å². The van der Waals surface area contributed by atoms with E-state index in [9.17, 15) is 5.21 Å². The number of nitrogens with zero attached hydrogens (tertiary/aromatic N) is 3. The molecule has 4 nitrogen and oxygen atoms in total. The molecule has 0 aliphatic rings. The predicted molar refractivity (Wildman–Crippen MR) is 51.2 cm³/mol. The van der Waals surface area contributed by atoms with E-state index in [2.05, 4.69) is 9.97 Å². The van der Waals surface area contributed by atoms with Crippen LogP contribution in [0.5, 0.6) is 0 Å². The largest absolute Gasteiger partial charge is 0.710 e. The van der Waals surface area contributed by atoms with Crippen molar-refractivity contribution < 1.29 is 4.73 Å². The fraction of sp³-hybridized carbons (Fsp3) is 0.100. The van der Waals surface area contributed by atoms with Gasteiger partial charge in [-0.25, -0.2) is 9.71 Å². The lowest BCUT2D eigenvalue weighted by Gasteiger charge is -2.04. The second-order valence-corrected chi connectivity index (χ2v) is 3.00. The van der Waals surface area contributed by atoms with Crippen LogP contribution in [0.1, 0.15) is 5.56 Å². The lowest BCUT2D eigenvalue weighted by molar-refractivity contribution is -0.597. The highest BCUT2D eigenvalue weighted by Gasteiger charge is 2.10. The zero-order valence-corrected chi connectivity index (χ0v) is 7.71. The summed E-state index contributed by atoms with van der Waals surface area (Å²) in [5, 5.41) is 11.5.